The van der Waals surface area contributed by atoms with Crippen LogP contribution in [0.3, 0.4) is 0 Å². The summed E-state index contributed by atoms with van der Waals surface area (Å²) in [4.78, 5) is 11.1. The number of fused-ring (bicyclic) bond motifs is 1. The number of rotatable bonds is 1. The summed E-state index contributed by atoms with van der Waals surface area (Å²) in [5, 5.41) is 0.264. The molecule has 2 rings (SSSR count). The number of ketones is 1. The number of carbonyl (C=O) groups excluding carboxylic acids is 1. The van der Waals surface area contributed by atoms with Gasteiger partial charge in [-0.25, -0.2) is 0 Å². The maximum absolute atomic E-state index is 12.3. The van der Waals surface area contributed by atoms with Crippen LogP contribution < -0.4 is 0 Å². The van der Waals surface area contributed by atoms with E-state index in [1.807, 2.05) is 0 Å². The highest BCUT2D eigenvalue weighted by Gasteiger charge is 2.40. The minimum absolute atomic E-state index is 0.264. The summed E-state index contributed by atoms with van der Waals surface area (Å²) in [6.45, 7) is 0. The molecule has 0 saturated carbocycles. The number of Topliss-reactive ketones (excluding diaryl/α,β-unsaturated/α-hetero) is 1. The average molecular weight is 226 g/mol. The van der Waals surface area contributed by atoms with E-state index in [9.17, 15) is 18.0 Å². The zero-order valence-corrected chi connectivity index (χ0v) is 8.08. The van der Waals surface area contributed by atoms with Gasteiger partial charge in [-0.1, -0.05) is 18.2 Å². The van der Waals surface area contributed by atoms with Crippen molar-refractivity contribution in [2.24, 2.45) is 0 Å². The van der Waals surface area contributed by atoms with Gasteiger partial charge < -0.3 is 4.57 Å². The predicted octanol–water partition coefficient (Wildman–Crippen LogP) is 3.03. The Balaban J connectivity index is 2.67. The third kappa shape index (κ3) is 1.58. The monoisotopic (exact) mass is 226 g/mol. The zero-order valence-electron chi connectivity index (χ0n) is 8.08. The fourth-order valence-corrected chi connectivity index (χ4v) is 1.58. The molecule has 1 aromatic carbocycles. The summed E-state index contributed by atoms with van der Waals surface area (Å²) in [6.07, 6.45) is -3.76. The van der Waals surface area contributed by atoms with Gasteiger partial charge in [0.05, 0.1) is 5.56 Å². The second-order valence-electron chi connectivity index (χ2n) is 3.36. The number of alkyl halides is 3. The van der Waals surface area contributed by atoms with E-state index < -0.39 is 12.0 Å². The summed E-state index contributed by atoms with van der Waals surface area (Å²) in [7, 11) is 3.53. The molecule has 0 saturated heterocycles. The van der Waals surface area contributed by atoms with Crippen LogP contribution in [0.5, 0.6) is 0 Å². The van der Waals surface area contributed by atoms with Gasteiger partial charge in [0, 0.05) is 24.1 Å². The van der Waals surface area contributed by atoms with Gasteiger partial charge in [-0.05, 0) is 6.07 Å². The SMILES string of the molecule is [CH2]n1cc(C(=O)C(F)(F)F)c2ccccc21. The van der Waals surface area contributed by atoms with E-state index in [0.29, 0.717) is 5.52 Å². The minimum Gasteiger partial charge on any atom is -0.345 e. The Morgan fingerprint density at radius 3 is 2.50 bits per heavy atom. The Morgan fingerprint density at radius 2 is 1.88 bits per heavy atom. The van der Waals surface area contributed by atoms with E-state index in [1.165, 1.54) is 10.6 Å². The van der Waals surface area contributed by atoms with Gasteiger partial charge in [0.1, 0.15) is 0 Å². The number of hydrogen-bond donors (Lipinski definition) is 0. The molecule has 0 atom stereocenters. The topological polar surface area (TPSA) is 22.0 Å². The molecule has 1 radical (unpaired) electrons. The lowest BCUT2D eigenvalue weighted by Crippen LogP contribution is -2.22. The molecule has 5 heteroatoms. The maximum atomic E-state index is 12.3. The first-order valence-corrected chi connectivity index (χ1v) is 4.44. The van der Waals surface area contributed by atoms with Gasteiger partial charge >= 0.3 is 6.18 Å². The van der Waals surface area contributed by atoms with E-state index in [2.05, 4.69) is 7.05 Å². The van der Waals surface area contributed by atoms with Crippen molar-refractivity contribution in [3.05, 3.63) is 43.1 Å². The largest absolute Gasteiger partial charge is 0.454 e. The number of aromatic nitrogens is 1. The number of benzene rings is 1. The first-order valence-electron chi connectivity index (χ1n) is 4.44. The first-order chi connectivity index (χ1) is 7.41. The second-order valence-corrected chi connectivity index (χ2v) is 3.36. The summed E-state index contributed by atoms with van der Waals surface area (Å²) >= 11 is 0. The Labute approximate surface area is 89.3 Å². The molecule has 1 aromatic heterocycles. The van der Waals surface area contributed by atoms with Crippen LogP contribution in [0.4, 0.5) is 13.2 Å². The van der Waals surface area contributed by atoms with Crippen molar-refractivity contribution < 1.29 is 18.0 Å². The van der Waals surface area contributed by atoms with E-state index in [1.54, 1.807) is 18.2 Å². The van der Waals surface area contributed by atoms with Gasteiger partial charge in [-0.15, -0.1) is 0 Å². The van der Waals surface area contributed by atoms with Crippen LogP contribution in [-0.4, -0.2) is 16.5 Å². The fourth-order valence-electron chi connectivity index (χ4n) is 1.58. The molecule has 0 aliphatic carbocycles. The van der Waals surface area contributed by atoms with Gasteiger partial charge in [0.15, 0.2) is 0 Å². The molecule has 83 valence electrons. The van der Waals surface area contributed by atoms with E-state index in [0.717, 1.165) is 6.20 Å². The molecule has 0 aliphatic heterocycles. The van der Waals surface area contributed by atoms with Crippen LogP contribution in [0.25, 0.3) is 10.9 Å². The number of nitrogens with zero attached hydrogens (tertiary/aromatic N) is 1. The van der Waals surface area contributed by atoms with Crippen molar-refractivity contribution in [1.82, 2.24) is 4.57 Å². The molecule has 0 aliphatic rings. The molecular weight excluding hydrogens is 219 g/mol. The summed E-state index contributed by atoms with van der Waals surface area (Å²) in [5.74, 6) is -1.84. The van der Waals surface area contributed by atoms with Crippen molar-refractivity contribution in [2.75, 3.05) is 0 Å². The highest BCUT2D eigenvalue weighted by Crippen LogP contribution is 2.27. The van der Waals surface area contributed by atoms with Gasteiger partial charge in [-0.3, -0.25) is 4.79 Å². The van der Waals surface area contributed by atoms with Gasteiger partial charge in [0.25, 0.3) is 5.78 Å². The smallest absolute Gasteiger partial charge is 0.345 e. The molecule has 0 amide bonds. The Morgan fingerprint density at radius 1 is 1.25 bits per heavy atom. The van der Waals surface area contributed by atoms with Crippen molar-refractivity contribution in [1.29, 1.82) is 0 Å². The molecule has 16 heavy (non-hydrogen) atoms. The standard InChI is InChI=1S/C11H7F3NO/c1-15-6-8(10(16)11(12,13)14)7-4-2-3-5-9(7)15/h2-6H,1H2. The number of para-hydroxylation sites is 1. The quantitative estimate of drug-likeness (QED) is 0.685. The summed E-state index contributed by atoms with van der Waals surface area (Å²) < 4.78 is 38.1. The Bertz CT molecular complexity index is 554. The number of carbonyl (C=O) groups is 1. The fraction of sp³-hybridized carbons (Fsp3) is 0.0909. The normalized spacial score (nSPS) is 12.0. The minimum atomic E-state index is -4.86. The highest BCUT2D eigenvalue weighted by atomic mass is 19.4. The van der Waals surface area contributed by atoms with Crippen LogP contribution in [0.1, 0.15) is 10.4 Å². The Hall–Kier alpha value is -1.78. The van der Waals surface area contributed by atoms with Crippen molar-refractivity contribution in [3.8, 4) is 0 Å². The van der Waals surface area contributed by atoms with Crippen LogP contribution >= 0.6 is 0 Å². The Kier molecular flexibility index (Phi) is 2.26. The van der Waals surface area contributed by atoms with E-state index >= 15 is 0 Å². The van der Waals surface area contributed by atoms with Crippen LogP contribution in [0.15, 0.2) is 30.5 Å². The molecule has 2 aromatic rings. The molecule has 2 nitrogen and oxygen atoms in total. The average Bonchev–Trinajstić information content (AvgIpc) is 2.55. The number of halogens is 3. The summed E-state index contributed by atoms with van der Waals surface area (Å²) in [5.41, 5.74) is 0.133. The van der Waals surface area contributed by atoms with Crippen LogP contribution in [0, 0.1) is 7.05 Å². The molecular formula is C11H7F3NO. The third-order valence-corrected chi connectivity index (χ3v) is 2.29. The maximum Gasteiger partial charge on any atom is 0.454 e. The lowest BCUT2D eigenvalue weighted by Gasteiger charge is -2.02. The van der Waals surface area contributed by atoms with Gasteiger partial charge in [-0.2, -0.15) is 13.2 Å². The first kappa shape index (κ1) is 10.7. The predicted molar refractivity (Wildman–Crippen MR) is 53.1 cm³/mol. The molecule has 0 bridgehead atoms. The molecule has 0 spiro atoms. The lowest BCUT2D eigenvalue weighted by molar-refractivity contribution is -0.0884. The van der Waals surface area contributed by atoms with E-state index in [-0.39, 0.29) is 10.9 Å². The van der Waals surface area contributed by atoms with E-state index in [4.69, 9.17) is 0 Å². The van der Waals surface area contributed by atoms with Crippen LogP contribution in [-0.2, 0) is 0 Å². The van der Waals surface area contributed by atoms with Crippen molar-refractivity contribution in [3.63, 3.8) is 0 Å². The highest BCUT2D eigenvalue weighted by molar-refractivity contribution is 6.10. The van der Waals surface area contributed by atoms with Crippen LogP contribution in [0.2, 0.25) is 0 Å². The van der Waals surface area contributed by atoms with Crippen molar-refractivity contribution in [2.45, 2.75) is 6.18 Å². The molecule has 0 N–H and O–H groups in total. The molecule has 1 heterocycles. The second kappa shape index (κ2) is 3.37. The number of hydrogen-bond acceptors (Lipinski definition) is 1. The lowest BCUT2D eigenvalue weighted by atomic mass is 10.1. The summed E-state index contributed by atoms with van der Waals surface area (Å²) in [6, 6.07) is 6.33. The van der Waals surface area contributed by atoms with Crippen molar-refractivity contribution >= 4 is 16.7 Å². The van der Waals surface area contributed by atoms with Gasteiger partial charge in [0.2, 0.25) is 0 Å². The zero-order chi connectivity index (χ0) is 11.9. The molecule has 0 unspecified atom stereocenters. The molecule has 0 fully saturated rings. The third-order valence-electron chi connectivity index (χ3n) is 2.29.